The summed E-state index contributed by atoms with van der Waals surface area (Å²) in [7, 11) is 1.59. The van der Waals surface area contributed by atoms with E-state index >= 15 is 0 Å². The van der Waals surface area contributed by atoms with Crippen LogP contribution in [0.25, 0.3) is 11.0 Å². The summed E-state index contributed by atoms with van der Waals surface area (Å²) in [5, 5.41) is 12.2. The number of pyridine rings is 1. The zero-order valence-corrected chi connectivity index (χ0v) is 24.3. The van der Waals surface area contributed by atoms with Gasteiger partial charge in [-0.05, 0) is 49.6 Å². The van der Waals surface area contributed by atoms with Crippen molar-refractivity contribution in [3.8, 4) is 6.07 Å². The molecule has 4 rings (SSSR count). The number of aryl methyl sites for hydroxylation is 1. The molecule has 1 fully saturated rings. The Kier molecular flexibility index (Phi) is 9.21. The highest BCUT2D eigenvalue weighted by molar-refractivity contribution is 5.86. The van der Waals surface area contributed by atoms with Crippen molar-refractivity contribution in [2.75, 3.05) is 24.5 Å². The van der Waals surface area contributed by atoms with Crippen LogP contribution in [-0.2, 0) is 7.05 Å². The number of nitrogens with one attached hydrogen (secondary N) is 1. The first-order valence-corrected chi connectivity index (χ1v) is 13.9. The number of allylic oxidation sites excluding steroid dienone is 1. The molecule has 0 aliphatic carbocycles. The van der Waals surface area contributed by atoms with E-state index in [9.17, 15) is 27.6 Å². The number of alkyl halides is 3. The van der Waals surface area contributed by atoms with Crippen molar-refractivity contribution in [3.05, 3.63) is 75.7 Å². The second-order valence-electron chi connectivity index (χ2n) is 10.7. The summed E-state index contributed by atoms with van der Waals surface area (Å²) in [6, 6.07) is 8.43. The highest BCUT2D eigenvalue weighted by Crippen LogP contribution is 2.35. The highest BCUT2D eigenvalue weighted by atomic mass is 19.4. The van der Waals surface area contributed by atoms with Gasteiger partial charge in [-0.15, -0.1) is 0 Å². The summed E-state index contributed by atoms with van der Waals surface area (Å²) in [6.45, 7) is 8.11. The SMILES string of the molecule is C/C=C(\NC(C(C)CC)C(F)(F)F)C(c1ccc(F)cc1)N1CCN(c2nc(=O)n(C)c3ccc(C#N)nc23)CC1C. The third-order valence-electron chi connectivity index (χ3n) is 8.04. The minimum Gasteiger partial charge on any atom is -0.376 e. The van der Waals surface area contributed by atoms with E-state index in [0.29, 0.717) is 54.2 Å². The Labute approximate surface area is 242 Å². The van der Waals surface area contributed by atoms with Gasteiger partial charge in [0, 0.05) is 38.4 Å². The summed E-state index contributed by atoms with van der Waals surface area (Å²) < 4.78 is 57.7. The third-order valence-corrected chi connectivity index (χ3v) is 8.04. The van der Waals surface area contributed by atoms with Crippen LogP contribution in [-0.4, -0.2) is 57.3 Å². The number of hydrogen-bond donors (Lipinski definition) is 1. The molecule has 224 valence electrons. The molecule has 8 nitrogen and oxygen atoms in total. The van der Waals surface area contributed by atoms with Gasteiger partial charge in [0.15, 0.2) is 5.82 Å². The van der Waals surface area contributed by atoms with Crippen molar-refractivity contribution in [1.82, 2.24) is 24.8 Å². The number of halogens is 4. The number of nitriles is 1. The van der Waals surface area contributed by atoms with E-state index in [0.717, 1.165) is 0 Å². The maximum atomic E-state index is 14.2. The summed E-state index contributed by atoms with van der Waals surface area (Å²) in [4.78, 5) is 25.4. The van der Waals surface area contributed by atoms with E-state index in [-0.39, 0.29) is 11.7 Å². The van der Waals surface area contributed by atoms with Gasteiger partial charge >= 0.3 is 11.9 Å². The Balaban J connectivity index is 1.71. The first-order chi connectivity index (χ1) is 19.9. The van der Waals surface area contributed by atoms with Gasteiger partial charge in [0.1, 0.15) is 29.1 Å². The van der Waals surface area contributed by atoms with Gasteiger partial charge in [-0.1, -0.05) is 38.5 Å². The molecule has 42 heavy (non-hydrogen) atoms. The lowest BCUT2D eigenvalue weighted by molar-refractivity contribution is -0.165. The van der Waals surface area contributed by atoms with Gasteiger partial charge in [-0.3, -0.25) is 9.47 Å². The summed E-state index contributed by atoms with van der Waals surface area (Å²) in [6.07, 6.45) is -2.48. The molecule has 0 saturated carbocycles. The molecule has 12 heteroatoms. The Morgan fingerprint density at radius 1 is 1.19 bits per heavy atom. The van der Waals surface area contributed by atoms with Crippen LogP contribution in [0, 0.1) is 23.1 Å². The maximum Gasteiger partial charge on any atom is 0.408 e. The van der Waals surface area contributed by atoms with E-state index in [1.54, 1.807) is 58.2 Å². The third kappa shape index (κ3) is 6.26. The molecule has 1 aliphatic heterocycles. The van der Waals surface area contributed by atoms with Gasteiger partial charge in [-0.25, -0.2) is 14.2 Å². The molecule has 3 aromatic rings. The Morgan fingerprint density at radius 3 is 2.45 bits per heavy atom. The molecule has 0 radical (unpaired) electrons. The van der Waals surface area contributed by atoms with Gasteiger partial charge < -0.3 is 10.2 Å². The van der Waals surface area contributed by atoms with Crippen LogP contribution in [0.15, 0.2) is 53.0 Å². The number of rotatable bonds is 8. The van der Waals surface area contributed by atoms with Gasteiger partial charge in [0.2, 0.25) is 0 Å². The van der Waals surface area contributed by atoms with E-state index in [1.165, 1.54) is 16.7 Å². The molecule has 1 aromatic carbocycles. The molecule has 3 heterocycles. The van der Waals surface area contributed by atoms with Crippen LogP contribution in [0.5, 0.6) is 0 Å². The average Bonchev–Trinajstić information content (AvgIpc) is 2.96. The van der Waals surface area contributed by atoms with Crippen molar-refractivity contribution < 1.29 is 17.6 Å². The van der Waals surface area contributed by atoms with Crippen LogP contribution >= 0.6 is 0 Å². The van der Waals surface area contributed by atoms with Crippen molar-refractivity contribution >= 4 is 16.9 Å². The minimum atomic E-state index is -4.47. The lowest BCUT2D eigenvalue weighted by atomic mass is 9.94. The molecule has 0 amide bonds. The second kappa shape index (κ2) is 12.5. The quantitative estimate of drug-likeness (QED) is 0.370. The molecular weight excluding hydrogens is 550 g/mol. The fraction of sp³-hybridized carbons (Fsp3) is 0.467. The van der Waals surface area contributed by atoms with Crippen LogP contribution in [0.1, 0.15) is 51.4 Å². The number of benzene rings is 1. The van der Waals surface area contributed by atoms with Gasteiger partial charge in [-0.2, -0.15) is 23.4 Å². The fourth-order valence-corrected chi connectivity index (χ4v) is 5.52. The normalized spacial score (nSPS) is 18.9. The van der Waals surface area contributed by atoms with Crippen molar-refractivity contribution in [2.45, 2.75) is 58.4 Å². The largest absolute Gasteiger partial charge is 0.408 e. The standard InChI is InChI=1S/C30H35F4N7O/c1-6-18(3)27(30(32,33)34)37-23(7-2)26(20-8-10-21(31)11-9-20)41-15-14-40(17-19(41)4)28-25-24(39(5)29(42)38-28)13-12-22(16-35)36-25/h7-13,18-19,26-27,37H,6,14-15,17H2,1-5H3/b23-7-. The first-order valence-electron chi connectivity index (χ1n) is 13.9. The first kappa shape index (κ1) is 31.0. The topological polar surface area (TPSA) is 90.1 Å². The zero-order valence-electron chi connectivity index (χ0n) is 24.3. The van der Waals surface area contributed by atoms with Crippen molar-refractivity contribution in [3.63, 3.8) is 0 Å². The number of nitrogens with zero attached hydrogens (tertiary/aromatic N) is 6. The number of hydrogen-bond acceptors (Lipinski definition) is 7. The number of aromatic nitrogens is 3. The highest BCUT2D eigenvalue weighted by Gasteiger charge is 2.44. The van der Waals surface area contributed by atoms with E-state index in [4.69, 9.17) is 0 Å². The van der Waals surface area contributed by atoms with Gasteiger partial charge in [0.05, 0.1) is 11.6 Å². The average molecular weight is 586 g/mol. The molecule has 1 aliphatic rings. The van der Waals surface area contributed by atoms with Crippen LogP contribution in [0.4, 0.5) is 23.4 Å². The molecule has 2 aromatic heterocycles. The van der Waals surface area contributed by atoms with E-state index < -0.39 is 35.7 Å². The Bertz CT molecular complexity index is 1540. The number of piperazine rings is 1. The van der Waals surface area contributed by atoms with E-state index in [2.05, 4.69) is 20.2 Å². The Hall–Kier alpha value is -3.98. The fourth-order valence-electron chi connectivity index (χ4n) is 5.52. The van der Waals surface area contributed by atoms with Crippen molar-refractivity contribution in [1.29, 1.82) is 5.26 Å². The van der Waals surface area contributed by atoms with Gasteiger partial charge in [0.25, 0.3) is 0 Å². The van der Waals surface area contributed by atoms with Crippen LogP contribution in [0.3, 0.4) is 0 Å². The van der Waals surface area contributed by atoms with Crippen LogP contribution < -0.4 is 15.9 Å². The van der Waals surface area contributed by atoms with E-state index in [1.807, 2.05) is 17.9 Å². The summed E-state index contributed by atoms with van der Waals surface area (Å²) in [5.74, 6) is -0.756. The number of anilines is 1. The van der Waals surface area contributed by atoms with Crippen molar-refractivity contribution in [2.24, 2.45) is 13.0 Å². The predicted octanol–water partition coefficient (Wildman–Crippen LogP) is 5.06. The lowest BCUT2D eigenvalue weighted by Gasteiger charge is -2.46. The minimum absolute atomic E-state index is 0.191. The lowest BCUT2D eigenvalue weighted by Crippen LogP contribution is -2.56. The second-order valence-corrected chi connectivity index (χ2v) is 10.7. The maximum absolute atomic E-state index is 14.2. The Morgan fingerprint density at radius 2 is 1.88 bits per heavy atom. The molecule has 0 spiro atoms. The molecule has 0 bridgehead atoms. The molecular formula is C30H35F4N7O. The molecule has 1 saturated heterocycles. The smallest absolute Gasteiger partial charge is 0.376 e. The number of fused-ring (bicyclic) bond motifs is 1. The van der Waals surface area contributed by atoms with Crippen LogP contribution in [0.2, 0.25) is 0 Å². The zero-order chi connectivity index (χ0) is 30.8. The monoisotopic (exact) mass is 585 g/mol. The summed E-state index contributed by atoms with van der Waals surface area (Å²) >= 11 is 0. The molecule has 4 unspecified atom stereocenters. The summed E-state index contributed by atoms with van der Waals surface area (Å²) in [5.41, 5.74) is 1.71. The predicted molar refractivity (Wildman–Crippen MR) is 153 cm³/mol. The molecule has 4 atom stereocenters. The molecule has 1 N–H and O–H groups in total.